The predicted molar refractivity (Wildman–Crippen MR) is 51.6 cm³/mol. The van der Waals surface area contributed by atoms with E-state index >= 15 is 0 Å². The van der Waals surface area contributed by atoms with Gasteiger partial charge in [0, 0.05) is 0 Å². The number of hydrogen-bond acceptors (Lipinski definition) is 1. The van der Waals surface area contributed by atoms with Crippen molar-refractivity contribution in [2.75, 3.05) is 0 Å². The Labute approximate surface area is 72.3 Å². The molecule has 0 aliphatic heterocycles. The van der Waals surface area contributed by atoms with Crippen LogP contribution in [0, 0.1) is 0 Å². The lowest BCUT2D eigenvalue weighted by atomic mass is 10.2. The van der Waals surface area contributed by atoms with Gasteiger partial charge in [0.25, 0.3) is 0 Å². The number of rotatable bonds is 3. The zero-order valence-corrected chi connectivity index (χ0v) is 7.12. The van der Waals surface area contributed by atoms with E-state index in [1.54, 1.807) is 18.6 Å². The monoisotopic (exact) mass is 160 g/mol. The molecule has 0 bridgehead atoms. The summed E-state index contributed by atoms with van der Waals surface area (Å²) in [6.45, 7) is 5.70. The molecule has 12 heavy (non-hydrogen) atoms. The number of nitrogens with zero attached hydrogens (tertiary/aromatic N) is 1. The molecule has 0 radical (unpaired) electrons. The minimum absolute atomic E-state index is 0.989. The third kappa shape index (κ3) is 1.95. The van der Waals surface area contributed by atoms with Crippen molar-refractivity contribution in [3.05, 3.63) is 49.1 Å². The molecule has 1 aromatic rings. The van der Waals surface area contributed by atoms with E-state index in [-0.39, 0.29) is 0 Å². The first kappa shape index (κ1) is 8.53. The van der Waals surface area contributed by atoms with Gasteiger partial charge in [0.15, 0.2) is 0 Å². The number of H-pyrrole nitrogens is 1. The molecule has 1 aromatic heterocycles. The molecule has 0 spiro atoms. The molecule has 0 fully saturated rings. The summed E-state index contributed by atoms with van der Waals surface area (Å²) in [7, 11) is 0. The normalized spacial score (nSPS) is 12.2. The van der Waals surface area contributed by atoms with Crippen molar-refractivity contribution >= 4 is 5.57 Å². The highest BCUT2D eigenvalue weighted by molar-refractivity contribution is 5.71. The molecule has 1 rings (SSSR count). The maximum Gasteiger partial charge on any atom is 0.0924 e. The van der Waals surface area contributed by atoms with Gasteiger partial charge >= 0.3 is 0 Å². The molecular weight excluding hydrogens is 148 g/mol. The second-order valence-electron chi connectivity index (χ2n) is 2.32. The summed E-state index contributed by atoms with van der Waals surface area (Å²) in [6, 6.07) is 0. The Bertz CT molecular complexity index is 292. The smallest absolute Gasteiger partial charge is 0.0924 e. The average molecular weight is 160 g/mol. The fourth-order valence-corrected chi connectivity index (χ4v) is 0.881. The van der Waals surface area contributed by atoms with Gasteiger partial charge in [0.1, 0.15) is 0 Å². The average Bonchev–Trinajstić information content (AvgIpc) is 2.59. The molecule has 0 saturated carbocycles. The zero-order chi connectivity index (χ0) is 8.81. The third-order valence-electron chi connectivity index (χ3n) is 1.50. The van der Waals surface area contributed by atoms with Crippen molar-refractivity contribution in [1.29, 1.82) is 0 Å². The standard InChI is InChI=1S/C10H12N2/c1-3-5-6-9(4-2)10-7-11-8-12-10/h3-8H,2H2,1H3,(H,11,12)/b5-3-,9-6+. The molecule has 1 N–H and O–H groups in total. The van der Waals surface area contributed by atoms with Crippen LogP contribution in [-0.2, 0) is 0 Å². The highest BCUT2D eigenvalue weighted by Crippen LogP contribution is 2.10. The largest absolute Gasteiger partial charge is 0.345 e. The van der Waals surface area contributed by atoms with Crippen molar-refractivity contribution in [3.63, 3.8) is 0 Å². The fraction of sp³-hybridized carbons (Fsp3) is 0.100. The van der Waals surface area contributed by atoms with E-state index in [2.05, 4.69) is 16.5 Å². The molecule has 2 nitrogen and oxygen atoms in total. The Balaban J connectivity index is 2.90. The molecule has 2 heteroatoms. The quantitative estimate of drug-likeness (QED) is 0.676. The van der Waals surface area contributed by atoms with Gasteiger partial charge in [-0.05, 0) is 12.5 Å². The van der Waals surface area contributed by atoms with Gasteiger partial charge in [0.2, 0.25) is 0 Å². The first-order valence-corrected chi connectivity index (χ1v) is 3.82. The lowest BCUT2D eigenvalue weighted by molar-refractivity contribution is 1.30. The summed E-state index contributed by atoms with van der Waals surface area (Å²) in [4.78, 5) is 6.94. The first-order chi connectivity index (χ1) is 5.88. The summed E-state index contributed by atoms with van der Waals surface area (Å²) in [6.07, 6.45) is 11.2. The Morgan fingerprint density at radius 1 is 1.67 bits per heavy atom. The summed E-state index contributed by atoms with van der Waals surface area (Å²) in [5.74, 6) is 0. The van der Waals surface area contributed by atoms with E-state index in [4.69, 9.17) is 0 Å². The molecule has 0 saturated heterocycles. The predicted octanol–water partition coefficient (Wildman–Crippen LogP) is 2.56. The van der Waals surface area contributed by atoms with Crippen molar-refractivity contribution in [1.82, 2.24) is 9.97 Å². The van der Waals surface area contributed by atoms with E-state index in [0.29, 0.717) is 0 Å². The lowest BCUT2D eigenvalue weighted by Crippen LogP contribution is -1.77. The van der Waals surface area contributed by atoms with Crippen LogP contribution < -0.4 is 0 Å². The van der Waals surface area contributed by atoms with Crippen molar-refractivity contribution in [2.45, 2.75) is 6.92 Å². The van der Waals surface area contributed by atoms with Crippen LogP contribution in [0.15, 0.2) is 43.4 Å². The van der Waals surface area contributed by atoms with Gasteiger partial charge in [-0.25, -0.2) is 4.98 Å². The Kier molecular flexibility index (Phi) is 3.08. The third-order valence-corrected chi connectivity index (χ3v) is 1.50. The summed E-state index contributed by atoms with van der Waals surface area (Å²) >= 11 is 0. The van der Waals surface area contributed by atoms with E-state index in [1.165, 1.54) is 0 Å². The van der Waals surface area contributed by atoms with Crippen LogP contribution in [0.1, 0.15) is 12.6 Å². The fourth-order valence-electron chi connectivity index (χ4n) is 0.881. The highest BCUT2D eigenvalue weighted by atomic mass is 14.9. The van der Waals surface area contributed by atoms with Crippen LogP contribution in [-0.4, -0.2) is 9.97 Å². The van der Waals surface area contributed by atoms with E-state index in [0.717, 1.165) is 11.3 Å². The molecule has 0 amide bonds. The van der Waals surface area contributed by atoms with Crippen LogP contribution in [0.2, 0.25) is 0 Å². The SMILES string of the molecule is C=C/C(=C\C=C/C)c1cnc[nH]1. The molecule has 0 aliphatic rings. The van der Waals surface area contributed by atoms with Gasteiger partial charge in [-0.3, -0.25) is 0 Å². The molecule has 0 aliphatic carbocycles. The number of nitrogens with one attached hydrogen (secondary N) is 1. The lowest BCUT2D eigenvalue weighted by Gasteiger charge is -1.93. The summed E-state index contributed by atoms with van der Waals surface area (Å²) in [5, 5.41) is 0. The molecule has 0 aromatic carbocycles. The maximum atomic E-state index is 3.93. The topological polar surface area (TPSA) is 28.7 Å². The van der Waals surface area contributed by atoms with Crippen LogP contribution in [0.3, 0.4) is 0 Å². The number of imidazole rings is 1. The first-order valence-electron chi connectivity index (χ1n) is 3.82. The molecule has 0 atom stereocenters. The number of aromatic nitrogens is 2. The van der Waals surface area contributed by atoms with E-state index in [1.807, 2.05) is 25.2 Å². The Morgan fingerprint density at radius 2 is 2.50 bits per heavy atom. The van der Waals surface area contributed by atoms with Crippen molar-refractivity contribution in [2.24, 2.45) is 0 Å². The van der Waals surface area contributed by atoms with Crippen LogP contribution in [0.5, 0.6) is 0 Å². The van der Waals surface area contributed by atoms with Crippen LogP contribution in [0.4, 0.5) is 0 Å². The van der Waals surface area contributed by atoms with Gasteiger partial charge in [0.05, 0.1) is 18.2 Å². The van der Waals surface area contributed by atoms with Gasteiger partial charge < -0.3 is 4.98 Å². The second-order valence-corrected chi connectivity index (χ2v) is 2.32. The van der Waals surface area contributed by atoms with Gasteiger partial charge in [-0.2, -0.15) is 0 Å². The van der Waals surface area contributed by atoms with E-state index < -0.39 is 0 Å². The number of hydrogen-bond donors (Lipinski definition) is 1. The Hall–Kier alpha value is -1.57. The molecule has 0 unspecified atom stereocenters. The van der Waals surface area contributed by atoms with Crippen molar-refractivity contribution in [3.8, 4) is 0 Å². The summed E-state index contributed by atoms with van der Waals surface area (Å²) < 4.78 is 0. The zero-order valence-electron chi connectivity index (χ0n) is 7.12. The maximum absolute atomic E-state index is 3.93. The van der Waals surface area contributed by atoms with Gasteiger partial charge in [-0.15, -0.1) is 0 Å². The number of aromatic amines is 1. The van der Waals surface area contributed by atoms with Crippen LogP contribution in [0.25, 0.3) is 5.57 Å². The van der Waals surface area contributed by atoms with Crippen LogP contribution >= 0.6 is 0 Å². The molecule has 1 heterocycles. The second kappa shape index (κ2) is 4.34. The minimum atomic E-state index is 0.989. The summed E-state index contributed by atoms with van der Waals surface area (Å²) in [5.41, 5.74) is 2.04. The number of allylic oxidation sites excluding steroid dienone is 5. The Morgan fingerprint density at radius 3 is 3.00 bits per heavy atom. The minimum Gasteiger partial charge on any atom is -0.345 e. The van der Waals surface area contributed by atoms with Gasteiger partial charge in [-0.1, -0.05) is 30.9 Å². The van der Waals surface area contributed by atoms with Crippen molar-refractivity contribution < 1.29 is 0 Å². The molecule has 62 valence electrons. The highest BCUT2D eigenvalue weighted by Gasteiger charge is 1.94. The molecular formula is C10H12N2. The van der Waals surface area contributed by atoms with E-state index in [9.17, 15) is 0 Å².